The van der Waals surface area contributed by atoms with Gasteiger partial charge in [0.1, 0.15) is 23.4 Å². The van der Waals surface area contributed by atoms with Crippen molar-refractivity contribution in [1.29, 1.82) is 0 Å². The van der Waals surface area contributed by atoms with Crippen molar-refractivity contribution in [3.05, 3.63) is 53.3 Å². The summed E-state index contributed by atoms with van der Waals surface area (Å²) in [5.41, 5.74) is 1.50. The highest BCUT2D eigenvalue weighted by molar-refractivity contribution is 6.07. The van der Waals surface area contributed by atoms with Gasteiger partial charge >= 0.3 is 6.09 Å². The maximum Gasteiger partial charge on any atom is 0.410 e. The molecule has 170 valence electrons. The van der Waals surface area contributed by atoms with E-state index in [0.29, 0.717) is 13.2 Å². The fourth-order valence-corrected chi connectivity index (χ4v) is 5.89. The van der Waals surface area contributed by atoms with Crippen LogP contribution in [0, 0.1) is 11.3 Å². The maximum absolute atomic E-state index is 13.4. The highest BCUT2D eigenvalue weighted by atomic mass is 16.6. The van der Waals surface area contributed by atoms with Crippen molar-refractivity contribution in [2.75, 3.05) is 25.0 Å². The van der Waals surface area contributed by atoms with Crippen LogP contribution in [-0.4, -0.2) is 42.2 Å². The molecule has 0 bridgehead atoms. The molecular formula is C26H32N2O4. The van der Waals surface area contributed by atoms with E-state index in [1.807, 2.05) is 56.0 Å². The second-order valence-electron chi connectivity index (χ2n) is 10.7. The lowest BCUT2D eigenvalue weighted by Crippen LogP contribution is -2.49. The Morgan fingerprint density at radius 2 is 2.03 bits per heavy atom. The van der Waals surface area contributed by atoms with E-state index in [9.17, 15) is 9.59 Å². The normalized spacial score (nSPS) is 31.3. The first-order valence-electron chi connectivity index (χ1n) is 11.6. The molecule has 32 heavy (non-hydrogen) atoms. The van der Waals surface area contributed by atoms with E-state index in [1.54, 1.807) is 0 Å². The van der Waals surface area contributed by atoms with Crippen molar-refractivity contribution < 1.29 is 19.1 Å². The third kappa shape index (κ3) is 3.06. The largest absolute Gasteiger partial charge is 0.496 e. The molecule has 3 aliphatic heterocycles. The minimum absolute atomic E-state index is 0.0184. The van der Waals surface area contributed by atoms with Gasteiger partial charge in [0, 0.05) is 18.8 Å². The van der Waals surface area contributed by atoms with Crippen molar-refractivity contribution in [2.24, 2.45) is 11.3 Å². The summed E-state index contributed by atoms with van der Waals surface area (Å²) >= 11 is 0. The van der Waals surface area contributed by atoms with E-state index >= 15 is 0 Å². The summed E-state index contributed by atoms with van der Waals surface area (Å²) in [6, 6.07) is 7.96. The number of anilines is 1. The number of allylic oxidation sites excluding steroid dienone is 3. The van der Waals surface area contributed by atoms with Gasteiger partial charge in [0.05, 0.1) is 5.41 Å². The minimum Gasteiger partial charge on any atom is -0.496 e. The molecule has 1 aliphatic carbocycles. The highest BCUT2D eigenvalue weighted by Gasteiger charge is 2.66. The Hall–Kier alpha value is -2.76. The lowest BCUT2D eigenvalue weighted by molar-refractivity contribution is -0.123. The lowest BCUT2D eigenvalue weighted by Gasteiger charge is -2.42. The van der Waals surface area contributed by atoms with E-state index in [4.69, 9.17) is 9.47 Å². The summed E-state index contributed by atoms with van der Waals surface area (Å²) in [5, 5.41) is 3.09. The molecule has 1 spiro atoms. The van der Waals surface area contributed by atoms with Gasteiger partial charge in [0.2, 0.25) is 5.91 Å². The number of amides is 2. The number of hydrogen-bond acceptors (Lipinski definition) is 4. The average Bonchev–Trinajstić information content (AvgIpc) is 3.21. The number of nitrogens with one attached hydrogen (secondary N) is 1. The molecule has 2 fully saturated rings. The summed E-state index contributed by atoms with van der Waals surface area (Å²) in [5.74, 6) is 1.15. The van der Waals surface area contributed by atoms with Crippen LogP contribution in [0.15, 0.2) is 47.7 Å². The van der Waals surface area contributed by atoms with Crippen molar-refractivity contribution in [3.63, 3.8) is 0 Å². The zero-order chi connectivity index (χ0) is 22.7. The van der Waals surface area contributed by atoms with E-state index in [2.05, 4.69) is 18.3 Å². The number of carbonyl (C=O) groups is 2. The van der Waals surface area contributed by atoms with Crippen molar-refractivity contribution in [3.8, 4) is 0 Å². The number of nitrogens with zero attached hydrogens (tertiary/aromatic N) is 1. The molecule has 1 aromatic carbocycles. The number of piperidine rings is 1. The molecule has 0 saturated carbocycles. The Morgan fingerprint density at radius 1 is 1.25 bits per heavy atom. The molecule has 4 aliphatic rings. The van der Waals surface area contributed by atoms with Crippen molar-refractivity contribution in [2.45, 2.75) is 58.0 Å². The van der Waals surface area contributed by atoms with Gasteiger partial charge in [-0.1, -0.05) is 36.8 Å². The third-order valence-corrected chi connectivity index (χ3v) is 7.56. The van der Waals surface area contributed by atoms with Crippen LogP contribution in [0.25, 0.3) is 0 Å². The minimum atomic E-state index is -0.728. The molecule has 6 nitrogen and oxygen atoms in total. The first-order valence-corrected chi connectivity index (χ1v) is 11.6. The van der Waals surface area contributed by atoms with Crippen LogP contribution in [0.2, 0.25) is 0 Å². The molecule has 0 aromatic heterocycles. The molecule has 5 rings (SSSR count). The standard InChI is InChI=1S/C26H32N2O4/c1-24(2,3)32-23(30)28-13-7-8-18(15-28)17-11-12-21-25(4,14-17)26(16-31-21)19-9-5-6-10-20(19)27-22(26)29/h5-6,9-12,18H,7-8,13-16H2,1-4H3,(H,27,29). The average molecular weight is 437 g/mol. The van der Waals surface area contributed by atoms with Gasteiger partial charge in [-0.3, -0.25) is 4.79 Å². The lowest BCUT2D eigenvalue weighted by atomic mass is 9.57. The van der Waals surface area contributed by atoms with Crippen molar-refractivity contribution in [1.82, 2.24) is 4.90 Å². The number of likely N-dealkylation sites (tertiary alicyclic amines) is 1. The van der Waals surface area contributed by atoms with Crippen LogP contribution in [-0.2, 0) is 19.7 Å². The van der Waals surface area contributed by atoms with E-state index in [-0.39, 0.29) is 17.9 Å². The topological polar surface area (TPSA) is 67.9 Å². The second kappa shape index (κ2) is 7.12. The molecule has 1 N–H and O–H groups in total. The molecule has 2 saturated heterocycles. The van der Waals surface area contributed by atoms with E-state index < -0.39 is 16.4 Å². The van der Waals surface area contributed by atoms with Gasteiger partial charge in [-0.2, -0.15) is 0 Å². The molecule has 3 heterocycles. The first kappa shape index (κ1) is 21.1. The first-order chi connectivity index (χ1) is 15.1. The summed E-state index contributed by atoms with van der Waals surface area (Å²) in [4.78, 5) is 27.9. The zero-order valence-electron chi connectivity index (χ0n) is 19.4. The molecule has 2 amide bonds. The Kier molecular flexibility index (Phi) is 4.70. The zero-order valence-corrected chi connectivity index (χ0v) is 19.4. The van der Waals surface area contributed by atoms with Crippen LogP contribution in [0.5, 0.6) is 0 Å². The van der Waals surface area contributed by atoms with Crippen LogP contribution >= 0.6 is 0 Å². The smallest absolute Gasteiger partial charge is 0.410 e. The Bertz CT molecular complexity index is 1040. The predicted octanol–water partition coefficient (Wildman–Crippen LogP) is 4.77. The van der Waals surface area contributed by atoms with Crippen LogP contribution in [0.1, 0.15) is 52.5 Å². The van der Waals surface area contributed by atoms with Crippen LogP contribution < -0.4 is 5.32 Å². The monoisotopic (exact) mass is 436 g/mol. The van der Waals surface area contributed by atoms with Gasteiger partial charge in [-0.05, 0) is 63.7 Å². The molecular weight excluding hydrogens is 404 g/mol. The number of hydrogen-bond donors (Lipinski definition) is 1. The Balaban J connectivity index is 1.42. The predicted molar refractivity (Wildman–Crippen MR) is 122 cm³/mol. The van der Waals surface area contributed by atoms with Gasteiger partial charge in [0.25, 0.3) is 0 Å². The molecule has 1 aromatic rings. The summed E-state index contributed by atoms with van der Waals surface area (Å²) in [6.45, 7) is 9.58. The number of rotatable bonds is 1. The van der Waals surface area contributed by atoms with E-state index in [1.165, 1.54) is 5.57 Å². The van der Waals surface area contributed by atoms with E-state index in [0.717, 1.165) is 42.8 Å². The Labute approximate surface area is 189 Å². The maximum atomic E-state index is 13.4. The summed E-state index contributed by atoms with van der Waals surface area (Å²) in [7, 11) is 0. The Morgan fingerprint density at radius 3 is 2.81 bits per heavy atom. The van der Waals surface area contributed by atoms with Crippen LogP contribution in [0.3, 0.4) is 0 Å². The van der Waals surface area contributed by atoms with Gasteiger partial charge in [0.15, 0.2) is 0 Å². The number of para-hydroxylation sites is 1. The fraction of sp³-hybridized carbons (Fsp3) is 0.538. The van der Waals surface area contributed by atoms with Gasteiger partial charge in [-0.25, -0.2) is 4.79 Å². The van der Waals surface area contributed by atoms with Crippen LogP contribution in [0.4, 0.5) is 10.5 Å². The second-order valence-corrected chi connectivity index (χ2v) is 10.7. The number of fused-ring (bicyclic) bond motifs is 4. The quantitative estimate of drug-likeness (QED) is 0.688. The third-order valence-electron chi connectivity index (χ3n) is 7.56. The van der Waals surface area contributed by atoms with Gasteiger partial charge < -0.3 is 19.7 Å². The summed E-state index contributed by atoms with van der Waals surface area (Å²) in [6.07, 6.45) is 6.67. The molecule has 3 atom stereocenters. The number of ether oxygens (including phenoxy) is 2. The molecule has 3 unspecified atom stereocenters. The summed E-state index contributed by atoms with van der Waals surface area (Å²) < 4.78 is 11.8. The molecule has 6 heteroatoms. The van der Waals surface area contributed by atoms with Crippen molar-refractivity contribution >= 4 is 17.7 Å². The fourth-order valence-electron chi connectivity index (χ4n) is 5.89. The van der Waals surface area contributed by atoms with Gasteiger partial charge in [-0.15, -0.1) is 0 Å². The molecule has 0 radical (unpaired) electrons. The number of carbonyl (C=O) groups excluding carboxylic acids is 2. The highest BCUT2D eigenvalue weighted by Crippen LogP contribution is 2.61. The SMILES string of the molecule is CC(C)(C)OC(=O)N1CCCC(C2=CC=C3OCC4(C(=O)Nc5ccccc54)C3(C)C2)C1. The number of benzene rings is 1.